The third kappa shape index (κ3) is 5.12. The van der Waals surface area contributed by atoms with Crippen LogP contribution in [0.1, 0.15) is 6.42 Å². The summed E-state index contributed by atoms with van der Waals surface area (Å²) in [6.07, 6.45) is 1.05. The first kappa shape index (κ1) is 14.2. The molecule has 0 unspecified atom stereocenters. The maximum Gasteiger partial charge on any atom is 0.191 e. The van der Waals surface area contributed by atoms with Crippen LogP contribution >= 0.6 is 11.8 Å². The van der Waals surface area contributed by atoms with Gasteiger partial charge in [-0.2, -0.15) is 0 Å². The molecule has 2 N–H and O–H groups in total. The Labute approximate surface area is 119 Å². The second kappa shape index (κ2) is 8.07. The van der Waals surface area contributed by atoms with Gasteiger partial charge in [-0.15, -0.1) is 11.8 Å². The highest BCUT2D eigenvalue weighted by Gasteiger charge is 2.11. The van der Waals surface area contributed by atoms with Crippen LogP contribution in [0.5, 0.6) is 0 Å². The number of nitrogens with zero attached hydrogens (tertiary/aromatic N) is 2. The highest BCUT2D eigenvalue weighted by molar-refractivity contribution is 7.99. The van der Waals surface area contributed by atoms with E-state index in [2.05, 4.69) is 34.2 Å². The van der Waals surface area contributed by atoms with Crippen LogP contribution in [-0.4, -0.2) is 49.5 Å². The first-order chi connectivity index (χ1) is 9.36. The SMILES string of the molecule is NC(=NCCCSc1ccccc1)N1CCOCC1. The monoisotopic (exact) mass is 279 g/mol. The van der Waals surface area contributed by atoms with E-state index in [9.17, 15) is 0 Å². The molecule has 1 heterocycles. The van der Waals surface area contributed by atoms with Gasteiger partial charge >= 0.3 is 0 Å². The highest BCUT2D eigenvalue weighted by atomic mass is 32.2. The molecular weight excluding hydrogens is 258 g/mol. The number of aliphatic imine (C=N–C) groups is 1. The van der Waals surface area contributed by atoms with E-state index in [0.29, 0.717) is 5.96 Å². The van der Waals surface area contributed by atoms with E-state index in [1.807, 2.05) is 17.8 Å². The molecule has 0 aromatic heterocycles. The van der Waals surface area contributed by atoms with Crippen molar-refractivity contribution < 1.29 is 4.74 Å². The van der Waals surface area contributed by atoms with Crippen LogP contribution in [0.4, 0.5) is 0 Å². The normalized spacial score (nSPS) is 16.6. The molecule has 0 spiro atoms. The van der Waals surface area contributed by atoms with Crippen LogP contribution in [0.3, 0.4) is 0 Å². The van der Waals surface area contributed by atoms with Gasteiger partial charge in [0.1, 0.15) is 0 Å². The van der Waals surface area contributed by atoms with E-state index in [0.717, 1.165) is 45.0 Å². The summed E-state index contributed by atoms with van der Waals surface area (Å²) >= 11 is 1.86. The minimum atomic E-state index is 0.660. The number of hydrogen-bond acceptors (Lipinski definition) is 3. The van der Waals surface area contributed by atoms with Crippen LogP contribution in [0, 0.1) is 0 Å². The molecule has 0 saturated carbocycles. The predicted molar refractivity (Wildman–Crippen MR) is 80.7 cm³/mol. The molecule has 1 aromatic carbocycles. The topological polar surface area (TPSA) is 50.8 Å². The Morgan fingerprint density at radius 2 is 2.00 bits per heavy atom. The molecule has 0 aliphatic carbocycles. The minimum absolute atomic E-state index is 0.660. The Bertz CT molecular complexity index is 391. The number of morpholine rings is 1. The largest absolute Gasteiger partial charge is 0.378 e. The lowest BCUT2D eigenvalue weighted by atomic mass is 10.4. The van der Waals surface area contributed by atoms with Crippen LogP contribution in [-0.2, 0) is 4.74 Å². The average molecular weight is 279 g/mol. The van der Waals surface area contributed by atoms with Gasteiger partial charge in [0.25, 0.3) is 0 Å². The lowest BCUT2D eigenvalue weighted by molar-refractivity contribution is 0.0674. The standard InChI is InChI=1S/C14H21N3OS/c15-14(17-8-10-18-11-9-17)16-7-4-12-19-13-5-2-1-3-6-13/h1-3,5-6H,4,7-12H2,(H2,15,16). The van der Waals surface area contributed by atoms with Gasteiger partial charge in [0.2, 0.25) is 0 Å². The van der Waals surface area contributed by atoms with E-state index < -0.39 is 0 Å². The zero-order chi connectivity index (χ0) is 13.3. The third-order valence-corrected chi connectivity index (χ3v) is 4.02. The smallest absolute Gasteiger partial charge is 0.191 e. The summed E-state index contributed by atoms with van der Waals surface area (Å²) in [5.41, 5.74) is 5.96. The Balaban J connectivity index is 1.62. The van der Waals surface area contributed by atoms with Gasteiger partial charge in [0, 0.05) is 24.5 Å². The van der Waals surface area contributed by atoms with Crippen molar-refractivity contribution >= 4 is 17.7 Å². The van der Waals surface area contributed by atoms with Gasteiger partial charge in [0.05, 0.1) is 13.2 Å². The zero-order valence-corrected chi connectivity index (χ0v) is 11.9. The number of guanidine groups is 1. The van der Waals surface area contributed by atoms with Crippen molar-refractivity contribution in [3.63, 3.8) is 0 Å². The van der Waals surface area contributed by atoms with Crippen molar-refractivity contribution in [1.82, 2.24) is 4.90 Å². The maximum absolute atomic E-state index is 5.96. The fourth-order valence-corrected chi connectivity index (χ4v) is 2.72. The second-order valence-corrected chi connectivity index (χ2v) is 5.52. The Hall–Kier alpha value is -1.20. The summed E-state index contributed by atoms with van der Waals surface area (Å²) in [5, 5.41) is 0. The Morgan fingerprint density at radius 1 is 1.26 bits per heavy atom. The second-order valence-electron chi connectivity index (χ2n) is 4.35. The molecule has 0 atom stereocenters. The van der Waals surface area contributed by atoms with Crippen molar-refractivity contribution in [2.45, 2.75) is 11.3 Å². The summed E-state index contributed by atoms with van der Waals surface area (Å²) in [4.78, 5) is 7.83. The van der Waals surface area contributed by atoms with Gasteiger partial charge in [-0.1, -0.05) is 18.2 Å². The summed E-state index contributed by atoms with van der Waals surface area (Å²) in [6.45, 7) is 4.01. The van der Waals surface area contributed by atoms with Gasteiger partial charge in [-0.05, 0) is 24.3 Å². The summed E-state index contributed by atoms with van der Waals surface area (Å²) < 4.78 is 5.29. The summed E-state index contributed by atoms with van der Waals surface area (Å²) in [6, 6.07) is 10.4. The molecular formula is C14H21N3OS. The van der Waals surface area contributed by atoms with Crippen molar-refractivity contribution in [2.24, 2.45) is 10.7 Å². The molecule has 1 fully saturated rings. The van der Waals surface area contributed by atoms with Crippen molar-refractivity contribution in [3.05, 3.63) is 30.3 Å². The third-order valence-electron chi connectivity index (χ3n) is 2.92. The van der Waals surface area contributed by atoms with E-state index in [1.54, 1.807) is 0 Å². The fourth-order valence-electron chi connectivity index (χ4n) is 1.86. The van der Waals surface area contributed by atoms with Crippen molar-refractivity contribution in [1.29, 1.82) is 0 Å². The van der Waals surface area contributed by atoms with Crippen LogP contribution < -0.4 is 5.73 Å². The van der Waals surface area contributed by atoms with Gasteiger partial charge in [-0.25, -0.2) is 0 Å². The van der Waals surface area contributed by atoms with Crippen molar-refractivity contribution in [3.8, 4) is 0 Å². The average Bonchev–Trinajstić information content (AvgIpc) is 2.49. The van der Waals surface area contributed by atoms with E-state index in [4.69, 9.17) is 10.5 Å². The minimum Gasteiger partial charge on any atom is -0.378 e. The number of benzene rings is 1. The summed E-state index contributed by atoms with van der Waals surface area (Å²) in [5.74, 6) is 1.73. The Kier molecular flexibility index (Phi) is 6.04. The van der Waals surface area contributed by atoms with Gasteiger partial charge < -0.3 is 15.4 Å². The number of thioether (sulfide) groups is 1. The molecule has 2 rings (SSSR count). The van der Waals surface area contributed by atoms with Gasteiger partial charge in [-0.3, -0.25) is 4.99 Å². The van der Waals surface area contributed by atoms with E-state index in [-0.39, 0.29) is 0 Å². The molecule has 1 saturated heterocycles. The first-order valence-electron chi connectivity index (χ1n) is 6.67. The van der Waals surface area contributed by atoms with Gasteiger partial charge in [0.15, 0.2) is 5.96 Å². The van der Waals surface area contributed by atoms with E-state index in [1.165, 1.54) is 4.90 Å². The molecule has 1 aliphatic rings. The molecule has 0 radical (unpaired) electrons. The number of rotatable bonds is 5. The highest BCUT2D eigenvalue weighted by Crippen LogP contribution is 2.17. The van der Waals surface area contributed by atoms with Crippen LogP contribution in [0.2, 0.25) is 0 Å². The van der Waals surface area contributed by atoms with Crippen LogP contribution in [0.25, 0.3) is 0 Å². The quantitative estimate of drug-likeness (QED) is 0.386. The molecule has 1 aliphatic heterocycles. The molecule has 1 aromatic rings. The molecule has 5 heteroatoms. The molecule has 104 valence electrons. The van der Waals surface area contributed by atoms with E-state index >= 15 is 0 Å². The fraction of sp³-hybridized carbons (Fsp3) is 0.500. The predicted octanol–water partition coefficient (Wildman–Crippen LogP) is 1.82. The first-order valence-corrected chi connectivity index (χ1v) is 7.65. The number of nitrogens with two attached hydrogens (primary N) is 1. The molecule has 4 nitrogen and oxygen atoms in total. The Morgan fingerprint density at radius 3 is 2.74 bits per heavy atom. The van der Waals surface area contributed by atoms with Crippen molar-refractivity contribution in [2.75, 3.05) is 38.6 Å². The number of ether oxygens (including phenoxy) is 1. The summed E-state index contributed by atoms with van der Waals surface area (Å²) in [7, 11) is 0. The molecule has 0 amide bonds. The lowest BCUT2D eigenvalue weighted by Gasteiger charge is -2.27. The maximum atomic E-state index is 5.96. The van der Waals surface area contributed by atoms with Crippen LogP contribution in [0.15, 0.2) is 40.2 Å². The molecule has 19 heavy (non-hydrogen) atoms. The molecule has 0 bridgehead atoms. The zero-order valence-electron chi connectivity index (χ0n) is 11.1. The lowest BCUT2D eigenvalue weighted by Crippen LogP contribution is -2.44. The number of hydrogen-bond donors (Lipinski definition) is 1.